The quantitative estimate of drug-likeness (QED) is 0.524. The number of aliphatic hydroxyl groups is 1. The van der Waals surface area contributed by atoms with Crippen LogP contribution in [0.3, 0.4) is 0 Å². The molecule has 1 aliphatic heterocycles. The van der Waals surface area contributed by atoms with E-state index in [0.717, 1.165) is 0 Å². The standard InChI is InChI=1S/C6H10O2/c1-2-3-6(7)4-8-5-6/h2,7H,1,3-5H2. The molecular formula is C6H10O2. The lowest BCUT2D eigenvalue weighted by molar-refractivity contribution is -0.175. The molecule has 0 aromatic carbocycles. The Labute approximate surface area is 48.8 Å². The number of ether oxygens (including phenoxy) is 1. The normalized spacial score (nSPS) is 24.1. The molecule has 1 heterocycles. The fourth-order valence-corrected chi connectivity index (χ4v) is 0.724. The summed E-state index contributed by atoms with van der Waals surface area (Å²) in [4.78, 5) is 0. The number of hydrogen-bond donors (Lipinski definition) is 1. The Bertz CT molecular complexity index is 94.7. The lowest BCUT2D eigenvalue weighted by Crippen LogP contribution is -2.48. The van der Waals surface area contributed by atoms with Gasteiger partial charge in [-0.25, -0.2) is 0 Å². The fraction of sp³-hybridized carbons (Fsp3) is 0.667. The molecule has 8 heavy (non-hydrogen) atoms. The van der Waals surface area contributed by atoms with Crippen molar-refractivity contribution < 1.29 is 9.84 Å². The van der Waals surface area contributed by atoms with Crippen molar-refractivity contribution in [3.8, 4) is 0 Å². The molecule has 0 aliphatic carbocycles. The predicted octanol–water partition coefficient (Wildman–Crippen LogP) is 0.324. The Morgan fingerprint density at radius 3 is 2.50 bits per heavy atom. The molecule has 0 amide bonds. The smallest absolute Gasteiger partial charge is 0.115 e. The summed E-state index contributed by atoms with van der Waals surface area (Å²) in [6, 6.07) is 0. The first kappa shape index (κ1) is 5.79. The van der Waals surface area contributed by atoms with Gasteiger partial charge in [-0.2, -0.15) is 0 Å². The molecule has 0 saturated carbocycles. The highest BCUT2D eigenvalue weighted by Gasteiger charge is 2.34. The lowest BCUT2D eigenvalue weighted by Gasteiger charge is -2.35. The predicted molar refractivity (Wildman–Crippen MR) is 30.6 cm³/mol. The summed E-state index contributed by atoms with van der Waals surface area (Å²) in [6.07, 6.45) is 2.36. The molecule has 2 nitrogen and oxygen atoms in total. The van der Waals surface area contributed by atoms with Gasteiger partial charge in [0.05, 0.1) is 13.2 Å². The van der Waals surface area contributed by atoms with Gasteiger partial charge in [-0.1, -0.05) is 6.08 Å². The zero-order chi connectivity index (χ0) is 6.04. The topological polar surface area (TPSA) is 29.5 Å². The second kappa shape index (κ2) is 1.88. The maximum atomic E-state index is 9.21. The Hall–Kier alpha value is -0.340. The largest absolute Gasteiger partial charge is 0.385 e. The molecule has 0 aromatic heterocycles. The van der Waals surface area contributed by atoms with Gasteiger partial charge in [0.25, 0.3) is 0 Å². The second-order valence-corrected chi connectivity index (χ2v) is 2.21. The molecule has 1 fully saturated rings. The van der Waals surface area contributed by atoms with E-state index in [1.54, 1.807) is 6.08 Å². The van der Waals surface area contributed by atoms with Crippen LogP contribution >= 0.6 is 0 Å². The molecule has 46 valence electrons. The molecule has 0 atom stereocenters. The van der Waals surface area contributed by atoms with Crippen molar-refractivity contribution >= 4 is 0 Å². The summed E-state index contributed by atoms with van der Waals surface area (Å²) in [5, 5.41) is 9.21. The van der Waals surface area contributed by atoms with Crippen molar-refractivity contribution in [3.63, 3.8) is 0 Å². The molecule has 0 unspecified atom stereocenters. The van der Waals surface area contributed by atoms with Crippen molar-refractivity contribution in [3.05, 3.63) is 12.7 Å². The highest BCUT2D eigenvalue weighted by molar-refractivity contribution is 4.91. The molecule has 0 bridgehead atoms. The van der Waals surface area contributed by atoms with E-state index >= 15 is 0 Å². The van der Waals surface area contributed by atoms with E-state index in [1.165, 1.54) is 0 Å². The Balaban J connectivity index is 2.29. The SMILES string of the molecule is C=CCC1(O)COC1. The van der Waals surface area contributed by atoms with Gasteiger partial charge in [-0.3, -0.25) is 0 Å². The Kier molecular flexibility index (Phi) is 1.36. The van der Waals surface area contributed by atoms with Crippen molar-refractivity contribution in [1.29, 1.82) is 0 Å². The van der Waals surface area contributed by atoms with Crippen LogP contribution in [0, 0.1) is 0 Å². The van der Waals surface area contributed by atoms with Crippen LogP contribution in [0.15, 0.2) is 12.7 Å². The minimum atomic E-state index is -0.568. The van der Waals surface area contributed by atoms with Crippen LogP contribution < -0.4 is 0 Å². The van der Waals surface area contributed by atoms with Gasteiger partial charge < -0.3 is 9.84 Å². The minimum absolute atomic E-state index is 0.471. The summed E-state index contributed by atoms with van der Waals surface area (Å²) < 4.78 is 4.79. The molecule has 0 radical (unpaired) electrons. The molecule has 1 rings (SSSR count). The zero-order valence-electron chi connectivity index (χ0n) is 4.76. The van der Waals surface area contributed by atoms with Crippen LogP contribution in [-0.2, 0) is 4.74 Å². The van der Waals surface area contributed by atoms with Crippen molar-refractivity contribution in [2.45, 2.75) is 12.0 Å². The van der Waals surface area contributed by atoms with Crippen LogP contribution in [0.1, 0.15) is 6.42 Å². The summed E-state index contributed by atoms with van der Waals surface area (Å²) in [5.41, 5.74) is -0.568. The molecule has 0 aromatic rings. The average molecular weight is 114 g/mol. The number of rotatable bonds is 2. The molecular weight excluding hydrogens is 104 g/mol. The third-order valence-corrected chi connectivity index (χ3v) is 1.27. The van der Waals surface area contributed by atoms with Crippen LogP contribution in [0.4, 0.5) is 0 Å². The molecule has 0 spiro atoms. The molecule has 1 aliphatic rings. The van der Waals surface area contributed by atoms with E-state index in [2.05, 4.69) is 6.58 Å². The van der Waals surface area contributed by atoms with Gasteiger partial charge in [0.2, 0.25) is 0 Å². The first-order valence-electron chi connectivity index (χ1n) is 2.68. The summed E-state index contributed by atoms with van der Waals surface area (Å²) >= 11 is 0. The second-order valence-electron chi connectivity index (χ2n) is 2.21. The third-order valence-electron chi connectivity index (χ3n) is 1.27. The zero-order valence-corrected chi connectivity index (χ0v) is 4.76. The fourth-order valence-electron chi connectivity index (χ4n) is 0.724. The third kappa shape index (κ3) is 0.904. The van der Waals surface area contributed by atoms with Gasteiger partial charge in [0.15, 0.2) is 0 Å². The van der Waals surface area contributed by atoms with E-state index in [0.29, 0.717) is 19.6 Å². The highest BCUT2D eigenvalue weighted by atomic mass is 16.5. The van der Waals surface area contributed by atoms with E-state index in [9.17, 15) is 5.11 Å². The molecule has 1 saturated heterocycles. The first-order valence-corrected chi connectivity index (χ1v) is 2.68. The van der Waals surface area contributed by atoms with E-state index in [-0.39, 0.29) is 0 Å². The lowest BCUT2D eigenvalue weighted by atomic mass is 9.98. The van der Waals surface area contributed by atoms with E-state index in [1.807, 2.05) is 0 Å². The van der Waals surface area contributed by atoms with Crippen LogP contribution in [-0.4, -0.2) is 23.9 Å². The minimum Gasteiger partial charge on any atom is -0.385 e. The van der Waals surface area contributed by atoms with Crippen molar-refractivity contribution in [2.24, 2.45) is 0 Å². The van der Waals surface area contributed by atoms with Gasteiger partial charge in [-0.05, 0) is 6.42 Å². The van der Waals surface area contributed by atoms with Gasteiger partial charge >= 0.3 is 0 Å². The molecule has 1 N–H and O–H groups in total. The first-order chi connectivity index (χ1) is 3.77. The summed E-state index contributed by atoms with van der Waals surface area (Å²) in [5.74, 6) is 0. The van der Waals surface area contributed by atoms with Crippen LogP contribution in [0.2, 0.25) is 0 Å². The van der Waals surface area contributed by atoms with Gasteiger partial charge in [0, 0.05) is 0 Å². The monoisotopic (exact) mass is 114 g/mol. The van der Waals surface area contributed by atoms with Crippen LogP contribution in [0.5, 0.6) is 0 Å². The van der Waals surface area contributed by atoms with Gasteiger partial charge in [0.1, 0.15) is 5.60 Å². The van der Waals surface area contributed by atoms with Crippen molar-refractivity contribution in [1.82, 2.24) is 0 Å². The summed E-state index contributed by atoms with van der Waals surface area (Å²) in [7, 11) is 0. The maximum Gasteiger partial charge on any atom is 0.115 e. The van der Waals surface area contributed by atoms with Gasteiger partial charge in [-0.15, -0.1) is 6.58 Å². The number of hydrogen-bond acceptors (Lipinski definition) is 2. The van der Waals surface area contributed by atoms with E-state index in [4.69, 9.17) is 4.74 Å². The summed E-state index contributed by atoms with van der Waals surface area (Å²) in [6.45, 7) is 4.45. The average Bonchev–Trinajstić information content (AvgIpc) is 1.64. The highest BCUT2D eigenvalue weighted by Crippen LogP contribution is 2.20. The molecule has 2 heteroatoms. The van der Waals surface area contributed by atoms with Crippen molar-refractivity contribution in [2.75, 3.05) is 13.2 Å². The Morgan fingerprint density at radius 1 is 1.75 bits per heavy atom. The van der Waals surface area contributed by atoms with Crippen LogP contribution in [0.25, 0.3) is 0 Å². The van der Waals surface area contributed by atoms with E-state index < -0.39 is 5.60 Å². The Morgan fingerprint density at radius 2 is 2.38 bits per heavy atom. The maximum absolute atomic E-state index is 9.21.